The molecule has 1 heterocycles. The van der Waals surface area contributed by atoms with E-state index in [1.165, 1.54) is 0 Å². The predicted octanol–water partition coefficient (Wildman–Crippen LogP) is -0.499. The number of hydrogen-bond acceptors (Lipinski definition) is 4. The standard InChI is InChI=1S/C11H22N2O3/c14-6-8-16-7-2-5-13-11(15)10-3-1-4-12-9-10/h10,12,14H,1-9H2,(H,13,15). The van der Waals surface area contributed by atoms with E-state index in [2.05, 4.69) is 10.6 Å². The van der Waals surface area contributed by atoms with Gasteiger partial charge >= 0.3 is 0 Å². The van der Waals surface area contributed by atoms with E-state index >= 15 is 0 Å². The lowest BCUT2D eigenvalue weighted by Gasteiger charge is -2.21. The van der Waals surface area contributed by atoms with Gasteiger partial charge in [0.2, 0.25) is 5.91 Å². The van der Waals surface area contributed by atoms with E-state index in [0.717, 1.165) is 32.4 Å². The van der Waals surface area contributed by atoms with Crippen LogP contribution in [-0.2, 0) is 9.53 Å². The van der Waals surface area contributed by atoms with Gasteiger partial charge in [0.05, 0.1) is 19.1 Å². The first kappa shape index (κ1) is 13.4. The fourth-order valence-corrected chi connectivity index (χ4v) is 1.77. The molecule has 5 nitrogen and oxygen atoms in total. The second kappa shape index (κ2) is 8.50. The van der Waals surface area contributed by atoms with Crippen LogP contribution in [0, 0.1) is 5.92 Å². The fraction of sp³-hybridized carbons (Fsp3) is 0.909. The molecule has 16 heavy (non-hydrogen) atoms. The highest BCUT2D eigenvalue weighted by Crippen LogP contribution is 2.09. The fourth-order valence-electron chi connectivity index (χ4n) is 1.77. The highest BCUT2D eigenvalue weighted by molar-refractivity contribution is 5.78. The number of piperidine rings is 1. The van der Waals surface area contributed by atoms with Crippen molar-refractivity contribution in [1.82, 2.24) is 10.6 Å². The molecule has 1 fully saturated rings. The van der Waals surface area contributed by atoms with E-state index in [-0.39, 0.29) is 18.4 Å². The zero-order valence-corrected chi connectivity index (χ0v) is 9.71. The van der Waals surface area contributed by atoms with Crippen LogP contribution in [0.1, 0.15) is 19.3 Å². The molecule has 1 rings (SSSR count). The van der Waals surface area contributed by atoms with Crippen molar-refractivity contribution in [1.29, 1.82) is 0 Å². The Kier molecular flexibility index (Phi) is 7.12. The Morgan fingerprint density at radius 3 is 3.06 bits per heavy atom. The third-order valence-electron chi connectivity index (χ3n) is 2.67. The minimum absolute atomic E-state index is 0.0557. The third-order valence-corrected chi connectivity index (χ3v) is 2.67. The first-order chi connectivity index (χ1) is 7.84. The number of aliphatic hydroxyl groups excluding tert-OH is 1. The molecule has 1 amide bonds. The zero-order chi connectivity index (χ0) is 11.6. The molecule has 5 heteroatoms. The number of ether oxygens (including phenoxy) is 1. The van der Waals surface area contributed by atoms with E-state index < -0.39 is 0 Å². The van der Waals surface area contributed by atoms with E-state index in [1.807, 2.05) is 0 Å². The van der Waals surface area contributed by atoms with Gasteiger partial charge in [0.25, 0.3) is 0 Å². The van der Waals surface area contributed by atoms with Gasteiger partial charge in [-0.1, -0.05) is 0 Å². The molecule has 1 atom stereocenters. The van der Waals surface area contributed by atoms with Crippen molar-refractivity contribution in [3.8, 4) is 0 Å². The third kappa shape index (κ3) is 5.44. The molecular formula is C11H22N2O3. The molecule has 1 unspecified atom stereocenters. The lowest BCUT2D eigenvalue weighted by molar-refractivity contribution is -0.125. The SMILES string of the molecule is O=C(NCCCOCCO)C1CCCNC1. The molecular weight excluding hydrogens is 208 g/mol. The first-order valence-corrected chi connectivity index (χ1v) is 6.01. The summed E-state index contributed by atoms with van der Waals surface area (Å²) in [6, 6.07) is 0. The van der Waals surface area contributed by atoms with Gasteiger partial charge < -0.3 is 20.5 Å². The van der Waals surface area contributed by atoms with Gasteiger partial charge in [-0.3, -0.25) is 4.79 Å². The first-order valence-electron chi connectivity index (χ1n) is 6.01. The minimum atomic E-state index is 0.0557. The zero-order valence-electron chi connectivity index (χ0n) is 9.71. The number of carbonyl (C=O) groups excluding carboxylic acids is 1. The van der Waals surface area contributed by atoms with Crippen molar-refractivity contribution in [3.05, 3.63) is 0 Å². The Morgan fingerprint density at radius 2 is 2.38 bits per heavy atom. The molecule has 3 N–H and O–H groups in total. The summed E-state index contributed by atoms with van der Waals surface area (Å²) in [7, 11) is 0. The summed E-state index contributed by atoms with van der Waals surface area (Å²) in [5.41, 5.74) is 0. The highest BCUT2D eigenvalue weighted by atomic mass is 16.5. The van der Waals surface area contributed by atoms with Crippen LogP contribution in [0.5, 0.6) is 0 Å². The molecule has 0 spiro atoms. The van der Waals surface area contributed by atoms with Crippen LogP contribution in [0.2, 0.25) is 0 Å². The van der Waals surface area contributed by atoms with Crippen molar-refractivity contribution in [2.45, 2.75) is 19.3 Å². The Hall–Kier alpha value is -0.650. The number of hydrogen-bond donors (Lipinski definition) is 3. The van der Waals surface area contributed by atoms with Gasteiger partial charge in [0.15, 0.2) is 0 Å². The average Bonchev–Trinajstić information content (AvgIpc) is 2.34. The lowest BCUT2D eigenvalue weighted by atomic mass is 9.99. The van der Waals surface area contributed by atoms with E-state index in [4.69, 9.17) is 9.84 Å². The van der Waals surface area contributed by atoms with E-state index in [1.54, 1.807) is 0 Å². The van der Waals surface area contributed by atoms with Crippen LogP contribution in [0.25, 0.3) is 0 Å². The maximum absolute atomic E-state index is 11.7. The van der Waals surface area contributed by atoms with Crippen LogP contribution in [-0.4, -0.2) is 50.5 Å². The predicted molar refractivity (Wildman–Crippen MR) is 61.1 cm³/mol. The Labute approximate surface area is 96.6 Å². The van der Waals surface area contributed by atoms with Gasteiger partial charge in [-0.05, 0) is 25.8 Å². The summed E-state index contributed by atoms with van der Waals surface area (Å²) in [6.07, 6.45) is 2.86. The van der Waals surface area contributed by atoms with Gasteiger partial charge in [0.1, 0.15) is 0 Å². The number of rotatable bonds is 7. The van der Waals surface area contributed by atoms with Crippen molar-refractivity contribution < 1.29 is 14.6 Å². The molecule has 0 saturated carbocycles. The average molecular weight is 230 g/mol. The summed E-state index contributed by atoms with van der Waals surface area (Å²) in [5.74, 6) is 0.279. The Balaban J connectivity index is 1.97. The number of nitrogens with one attached hydrogen (secondary N) is 2. The smallest absolute Gasteiger partial charge is 0.224 e. The molecule has 0 aromatic carbocycles. The van der Waals surface area contributed by atoms with E-state index in [9.17, 15) is 4.79 Å². The Morgan fingerprint density at radius 1 is 1.50 bits per heavy atom. The van der Waals surface area contributed by atoms with Crippen molar-refractivity contribution in [2.24, 2.45) is 5.92 Å². The molecule has 0 bridgehead atoms. The number of aliphatic hydroxyl groups is 1. The molecule has 0 aliphatic carbocycles. The second-order valence-corrected chi connectivity index (χ2v) is 4.02. The quantitative estimate of drug-likeness (QED) is 0.516. The maximum Gasteiger partial charge on any atom is 0.224 e. The van der Waals surface area contributed by atoms with Crippen LogP contribution in [0.4, 0.5) is 0 Å². The van der Waals surface area contributed by atoms with Crippen LogP contribution < -0.4 is 10.6 Å². The maximum atomic E-state index is 11.7. The molecule has 1 saturated heterocycles. The van der Waals surface area contributed by atoms with Gasteiger partial charge in [0, 0.05) is 19.7 Å². The van der Waals surface area contributed by atoms with Crippen molar-refractivity contribution in [3.63, 3.8) is 0 Å². The summed E-state index contributed by atoms with van der Waals surface area (Å²) in [6.45, 7) is 3.50. The summed E-state index contributed by atoms with van der Waals surface area (Å²) in [5, 5.41) is 14.6. The van der Waals surface area contributed by atoms with Crippen molar-refractivity contribution in [2.75, 3.05) is 39.5 Å². The topological polar surface area (TPSA) is 70.6 Å². The lowest BCUT2D eigenvalue weighted by Crippen LogP contribution is -2.40. The van der Waals surface area contributed by atoms with Crippen LogP contribution >= 0.6 is 0 Å². The molecule has 0 radical (unpaired) electrons. The molecule has 0 aromatic rings. The van der Waals surface area contributed by atoms with Gasteiger partial charge in [-0.25, -0.2) is 0 Å². The summed E-state index contributed by atoms with van der Waals surface area (Å²) >= 11 is 0. The monoisotopic (exact) mass is 230 g/mol. The minimum Gasteiger partial charge on any atom is -0.394 e. The highest BCUT2D eigenvalue weighted by Gasteiger charge is 2.19. The van der Waals surface area contributed by atoms with Crippen LogP contribution in [0.3, 0.4) is 0 Å². The second-order valence-electron chi connectivity index (χ2n) is 4.02. The Bertz CT molecular complexity index is 194. The van der Waals surface area contributed by atoms with Gasteiger partial charge in [-0.15, -0.1) is 0 Å². The summed E-state index contributed by atoms with van der Waals surface area (Å²) in [4.78, 5) is 11.7. The largest absolute Gasteiger partial charge is 0.394 e. The number of amides is 1. The normalized spacial score (nSPS) is 20.7. The summed E-state index contributed by atoms with van der Waals surface area (Å²) < 4.78 is 5.10. The molecule has 0 aromatic heterocycles. The van der Waals surface area contributed by atoms with Crippen LogP contribution in [0.15, 0.2) is 0 Å². The van der Waals surface area contributed by atoms with Gasteiger partial charge in [-0.2, -0.15) is 0 Å². The number of carbonyl (C=O) groups is 1. The molecule has 1 aliphatic heterocycles. The molecule has 1 aliphatic rings. The van der Waals surface area contributed by atoms with E-state index in [0.29, 0.717) is 19.8 Å². The molecule has 94 valence electrons. The van der Waals surface area contributed by atoms with Crippen molar-refractivity contribution >= 4 is 5.91 Å².